The Bertz CT molecular complexity index is 1410. The third-order valence-corrected chi connectivity index (χ3v) is 6.33. The quantitative estimate of drug-likeness (QED) is 0.168. The van der Waals surface area contributed by atoms with Gasteiger partial charge in [0.15, 0.2) is 5.82 Å². The Kier molecular flexibility index (Phi) is 5.86. The van der Waals surface area contributed by atoms with Crippen LogP contribution in [0.3, 0.4) is 0 Å². The van der Waals surface area contributed by atoms with E-state index in [9.17, 15) is 18.0 Å². The highest BCUT2D eigenvalue weighted by atomic mass is 32.2. The summed E-state index contributed by atoms with van der Waals surface area (Å²) in [5.74, 6) is -3.75. The minimum atomic E-state index is -1.14. The van der Waals surface area contributed by atoms with E-state index in [0.717, 1.165) is 31.0 Å². The molecule has 0 aliphatic heterocycles. The van der Waals surface area contributed by atoms with Gasteiger partial charge in [0.2, 0.25) is 5.78 Å². The number of aromatic amines is 1. The molecule has 2 heterocycles. The molecule has 1 fully saturated rings. The number of benzene rings is 2. The second-order valence-electron chi connectivity index (χ2n) is 7.86. The van der Waals surface area contributed by atoms with Crippen LogP contribution in [0.15, 0.2) is 47.8 Å². The number of hydrogen-bond acceptors (Lipinski definition) is 6. The number of H-pyrrole nitrogens is 1. The largest absolute Gasteiger partial charge is 0.369 e. The number of fused-ring (bicyclic) bond motifs is 1. The summed E-state index contributed by atoms with van der Waals surface area (Å²) in [6, 6.07) is 4.96. The smallest absolute Gasteiger partial charge is 0.201 e. The molecule has 34 heavy (non-hydrogen) atoms. The standard InChI is InChI=1S/C23H17F4N5OS/c24-12-3-6-17(15(26)7-12)34-32-16-5-4-14(25)19(20(16)27)21(33)13-9-29-23-18(13)22(30-10-31-23)28-8-11-1-2-11/h3-7,9-11,32H,1-2,8H2,(H2,28,29,30,31). The summed E-state index contributed by atoms with van der Waals surface area (Å²) in [4.78, 5) is 24.4. The number of hydrogen-bond donors (Lipinski definition) is 3. The molecule has 0 amide bonds. The van der Waals surface area contributed by atoms with Gasteiger partial charge in [0.1, 0.15) is 35.2 Å². The normalized spacial score (nSPS) is 13.3. The number of carbonyl (C=O) groups excluding carboxylic acids is 1. The molecule has 4 aromatic rings. The van der Waals surface area contributed by atoms with Crippen molar-refractivity contribution in [3.8, 4) is 0 Å². The van der Waals surface area contributed by atoms with E-state index >= 15 is 4.39 Å². The fraction of sp³-hybridized carbons (Fsp3) is 0.174. The van der Waals surface area contributed by atoms with Crippen LogP contribution in [0.5, 0.6) is 0 Å². The molecule has 11 heteroatoms. The van der Waals surface area contributed by atoms with Gasteiger partial charge in [-0.1, -0.05) is 0 Å². The summed E-state index contributed by atoms with van der Waals surface area (Å²) in [5, 5.41) is 3.52. The summed E-state index contributed by atoms with van der Waals surface area (Å²) < 4.78 is 59.5. The van der Waals surface area contributed by atoms with E-state index in [-0.39, 0.29) is 16.1 Å². The first-order valence-electron chi connectivity index (χ1n) is 10.4. The number of nitrogens with one attached hydrogen (secondary N) is 3. The third-order valence-electron chi connectivity index (χ3n) is 5.45. The first-order chi connectivity index (χ1) is 16.4. The molecule has 0 spiro atoms. The highest BCUT2D eigenvalue weighted by molar-refractivity contribution is 8.00. The van der Waals surface area contributed by atoms with Crippen LogP contribution in [-0.4, -0.2) is 27.3 Å². The van der Waals surface area contributed by atoms with Crippen molar-refractivity contribution in [3.05, 3.63) is 77.3 Å². The fourth-order valence-electron chi connectivity index (χ4n) is 3.48. The van der Waals surface area contributed by atoms with E-state index < -0.39 is 34.6 Å². The first-order valence-corrected chi connectivity index (χ1v) is 11.2. The molecule has 3 N–H and O–H groups in total. The van der Waals surface area contributed by atoms with Crippen molar-refractivity contribution in [3.63, 3.8) is 0 Å². The summed E-state index contributed by atoms with van der Waals surface area (Å²) in [6.45, 7) is 0.671. The predicted molar refractivity (Wildman–Crippen MR) is 121 cm³/mol. The molecular weight excluding hydrogens is 470 g/mol. The van der Waals surface area contributed by atoms with Crippen molar-refractivity contribution in [1.29, 1.82) is 0 Å². The SMILES string of the molecule is O=C(c1c(F)ccc(NSc2ccc(F)cc2F)c1F)c1c[nH]c2ncnc(NCC3CC3)c12. The molecule has 0 unspecified atom stereocenters. The Labute approximate surface area is 195 Å². The number of aromatic nitrogens is 3. The van der Waals surface area contributed by atoms with Gasteiger partial charge in [-0.15, -0.1) is 0 Å². The summed E-state index contributed by atoms with van der Waals surface area (Å²) in [6.07, 6.45) is 4.89. The summed E-state index contributed by atoms with van der Waals surface area (Å²) in [7, 11) is 0. The number of anilines is 2. The van der Waals surface area contributed by atoms with Gasteiger partial charge in [0, 0.05) is 18.8 Å². The van der Waals surface area contributed by atoms with Crippen molar-refractivity contribution in [1.82, 2.24) is 15.0 Å². The zero-order valence-electron chi connectivity index (χ0n) is 17.5. The average molecular weight is 487 g/mol. The third kappa shape index (κ3) is 4.30. The maximum Gasteiger partial charge on any atom is 0.201 e. The molecule has 1 saturated carbocycles. The Morgan fingerprint density at radius 2 is 1.91 bits per heavy atom. The summed E-state index contributed by atoms with van der Waals surface area (Å²) >= 11 is 0.665. The Morgan fingerprint density at radius 3 is 2.68 bits per heavy atom. The van der Waals surface area contributed by atoms with Crippen LogP contribution in [0, 0.1) is 29.2 Å². The average Bonchev–Trinajstić information content (AvgIpc) is 3.54. The molecule has 2 aromatic heterocycles. The zero-order valence-corrected chi connectivity index (χ0v) is 18.3. The minimum Gasteiger partial charge on any atom is -0.369 e. The second kappa shape index (κ2) is 8.98. The molecule has 6 nitrogen and oxygen atoms in total. The van der Waals surface area contributed by atoms with Gasteiger partial charge in [0.05, 0.1) is 27.1 Å². The van der Waals surface area contributed by atoms with Crippen molar-refractivity contribution in [2.24, 2.45) is 5.92 Å². The highest BCUT2D eigenvalue weighted by Crippen LogP contribution is 2.33. The van der Waals surface area contributed by atoms with Crippen LogP contribution in [0.2, 0.25) is 0 Å². The Hall–Kier alpha value is -3.60. The lowest BCUT2D eigenvalue weighted by atomic mass is 10.0. The van der Waals surface area contributed by atoms with Crippen LogP contribution in [0.1, 0.15) is 28.8 Å². The van der Waals surface area contributed by atoms with Crippen LogP contribution in [0.4, 0.5) is 29.1 Å². The summed E-state index contributed by atoms with van der Waals surface area (Å²) in [5.41, 5.74) is -0.639. The monoisotopic (exact) mass is 487 g/mol. The van der Waals surface area contributed by atoms with Gasteiger partial charge in [-0.3, -0.25) is 4.79 Å². The number of rotatable bonds is 8. The number of ketones is 1. The lowest BCUT2D eigenvalue weighted by Crippen LogP contribution is -2.11. The minimum absolute atomic E-state index is 0.00171. The molecular formula is C23H17F4N5OS. The Morgan fingerprint density at radius 1 is 1.09 bits per heavy atom. The lowest BCUT2D eigenvalue weighted by Gasteiger charge is -2.11. The number of nitrogens with zero attached hydrogens (tertiary/aromatic N) is 2. The van der Waals surface area contributed by atoms with Crippen LogP contribution < -0.4 is 10.0 Å². The van der Waals surface area contributed by atoms with Gasteiger partial charge in [-0.05, 0) is 55.0 Å². The van der Waals surface area contributed by atoms with E-state index in [1.54, 1.807) is 0 Å². The lowest BCUT2D eigenvalue weighted by molar-refractivity contribution is 0.103. The van der Waals surface area contributed by atoms with E-state index in [4.69, 9.17) is 0 Å². The van der Waals surface area contributed by atoms with Crippen molar-refractivity contribution in [2.75, 3.05) is 16.6 Å². The molecule has 2 aromatic carbocycles. The molecule has 0 bridgehead atoms. The van der Waals surface area contributed by atoms with Gasteiger partial charge in [0.25, 0.3) is 0 Å². The van der Waals surface area contributed by atoms with Crippen molar-refractivity contribution >= 4 is 40.3 Å². The Balaban J connectivity index is 1.46. The molecule has 1 aliphatic carbocycles. The van der Waals surface area contributed by atoms with Crippen LogP contribution in [-0.2, 0) is 0 Å². The second-order valence-corrected chi connectivity index (χ2v) is 8.71. The number of halogens is 4. The van der Waals surface area contributed by atoms with Crippen LogP contribution in [0.25, 0.3) is 11.0 Å². The van der Waals surface area contributed by atoms with E-state index in [2.05, 4.69) is 25.0 Å². The van der Waals surface area contributed by atoms with Crippen molar-refractivity contribution < 1.29 is 22.4 Å². The first kappa shape index (κ1) is 22.2. The predicted octanol–water partition coefficient (Wildman–Crippen LogP) is 5.69. The van der Waals surface area contributed by atoms with Gasteiger partial charge >= 0.3 is 0 Å². The van der Waals surface area contributed by atoms with Gasteiger partial charge in [-0.25, -0.2) is 27.5 Å². The molecule has 174 valence electrons. The highest BCUT2D eigenvalue weighted by Gasteiger charge is 2.27. The number of carbonyl (C=O) groups is 1. The maximum atomic E-state index is 15.3. The van der Waals surface area contributed by atoms with E-state index in [0.29, 0.717) is 47.3 Å². The van der Waals surface area contributed by atoms with Gasteiger partial charge < -0.3 is 15.0 Å². The van der Waals surface area contributed by atoms with E-state index in [1.807, 2.05) is 0 Å². The maximum absolute atomic E-state index is 15.3. The van der Waals surface area contributed by atoms with Gasteiger partial charge in [-0.2, -0.15) is 0 Å². The fourth-order valence-corrected chi connectivity index (χ4v) is 4.15. The van der Waals surface area contributed by atoms with Crippen molar-refractivity contribution in [2.45, 2.75) is 17.7 Å². The van der Waals surface area contributed by atoms with E-state index in [1.165, 1.54) is 18.6 Å². The molecule has 0 saturated heterocycles. The topological polar surface area (TPSA) is 82.7 Å². The zero-order chi connectivity index (χ0) is 23.8. The molecule has 0 atom stereocenters. The molecule has 0 radical (unpaired) electrons. The molecule has 5 rings (SSSR count). The molecule has 1 aliphatic rings. The van der Waals surface area contributed by atoms with Crippen LogP contribution >= 0.6 is 11.9 Å².